The maximum atomic E-state index is 11.6. The SMILES string of the molecule is CCCCC(=O)c1ccc(=O)[nH]c1C. The van der Waals surface area contributed by atoms with Crippen molar-refractivity contribution in [1.29, 1.82) is 0 Å². The molecule has 1 aromatic heterocycles. The summed E-state index contributed by atoms with van der Waals surface area (Å²) in [6.45, 7) is 3.80. The summed E-state index contributed by atoms with van der Waals surface area (Å²) in [5, 5.41) is 0. The fourth-order valence-electron chi connectivity index (χ4n) is 1.35. The summed E-state index contributed by atoms with van der Waals surface area (Å²) in [5.41, 5.74) is 1.14. The van der Waals surface area contributed by atoms with E-state index >= 15 is 0 Å². The van der Waals surface area contributed by atoms with Crippen molar-refractivity contribution in [1.82, 2.24) is 4.98 Å². The quantitative estimate of drug-likeness (QED) is 0.744. The van der Waals surface area contributed by atoms with Crippen molar-refractivity contribution in [2.24, 2.45) is 0 Å². The number of aryl methyl sites for hydroxylation is 1. The molecule has 0 fully saturated rings. The van der Waals surface area contributed by atoms with Crippen LogP contribution >= 0.6 is 0 Å². The highest BCUT2D eigenvalue weighted by atomic mass is 16.1. The van der Waals surface area contributed by atoms with Gasteiger partial charge in [0.15, 0.2) is 5.78 Å². The number of hydrogen-bond donors (Lipinski definition) is 1. The number of hydrogen-bond acceptors (Lipinski definition) is 2. The summed E-state index contributed by atoms with van der Waals surface area (Å²) in [7, 11) is 0. The van der Waals surface area contributed by atoms with Crippen LogP contribution < -0.4 is 5.56 Å². The molecule has 1 heterocycles. The van der Waals surface area contributed by atoms with Crippen molar-refractivity contribution in [2.75, 3.05) is 0 Å². The predicted octanol–water partition coefficient (Wildman–Crippen LogP) is 2.06. The smallest absolute Gasteiger partial charge is 0.248 e. The summed E-state index contributed by atoms with van der Waals surface area (Å²) >= 11 is 0. The molecular formula is C11H15NO2. The van der Waals surface area contributed by atoms with E-state index in [4.69, 9.17) is 0 Å². The van der Waals surface area contributed by atoms with E-state index in [-0.39, 0.29) is 11.3 Å². The first-order valence-corrected chi connectivity index (χ1v) is 4.88. The van der Waals surface area contributed by atoms with Gasteiger partial charge in [0, 0.05) is 23.7 Å². The molecule has 1 N–H and O–H groups in total. The lowest BCUT2D eigenvalue weighted by molar-refractivity contribution is 0.0978. The third kappa shape index (κ3) is 2.55. The van der Waals surface area contributed by atoms with Crippen LogP contribution in [0.15, 0.2) is 16.9 Å². The van der Waals surface area contributed by atoms with Gasteiger partial charge in [-0.1, -0.05) is 13.3 Å². The molecule has 0 saturated heterocycles. The highest BCUT2D eigenvalue weighted by Gasteiger charge is 2.08. The zero-order valence-electron chi connectivity index (χ0n) is 8.59. The Hall–Kier alpha value is -1.38. The Balaban J connectivity index is 2.85. The number of carbonyl (C=O) groups is 1. The number of carbonyl (C=O) groups excluding carboxylic acids is 1. The van der Waals surface area contributed by atoms with Crippen LogP contribution in [0, 0.1) is 6.92 Å². The first kappa shape index (κ1) is 10.7. The summed E-state index contributed by atoms with van der Waals surface area (Å²) in [5.74, 6) is 0.112. The highest BCUT2D eigenvalue weighted by Crippen LogP contribution is 2.08. The van der Waals surface area contributed by atoms with Gasteiger partial charge in [-0.15, -0.1) is 0 Å². The van der Waals surface area contributed by atoms with Crippen molar-refractivity contribution in [2.45, 2.75) is 33.1 Å². The minimum absolute atomic E-state index is 0.112. The fraction of sp³-hybridized carbons (Fsp3) is 0.455. The van der Waals surface area contributed by atoms with Gasteiger partial charge in [-0.25, -0.2) is 0 Å². The van der Waals surface area contributed by atoms with Gasteiger partial charge < -0.3 is 4.98 Å². The Morgan fingerprint density at radius 3 is 2.71 bits per heavy atom. The largest absolute Gasteiger partial charge is 0.326 e. The van der Waals surface area contributed by atoms with Crippen LogP contribution in [0.25, 0.3) is 0 Å². The summed E-state index contributed by atoms with van der Waals surface area (Å²) in [6.07, 6.45) is 2.47. The zero-order valence-corrected chi connectivity index (χ0v) is 8.59. The fourth-order valence-corrected chi connectivity index (χ4v) is 1.35. The number of nitrogens with one attached hydrogen (secondary N) is 1. The molecular weight excluding hydrogens is 178 g/mol. The van der Waals surface area contributed by atoms with Gasteiger partial charge in [-0.2, -0.15) is 0 Å². The van der Waals surface area contributed by atoms with E-state index in [0.29, 0.717) is 17.7 Å². The van der Waals surface area contributed by atoms with E-state index in [1.165, 1.54) is 6.07 Å². The average Bonchev–Trinajstić information content (AvgIpc) is 2.14. The predicted molar refractivity (Wildman–Crippen MR) is 55.7 cm³/mol. The van der Waals surface area contributed by atoms with Gasteiger partial charge in [0.2, 0.25) is 5.56 Å². The Bertz CT molecular complexity index is 379. The Labute approximate surface area is 83.2 Å². The van der Waals surface area contributed by atoms with E-state index < -0.39 is 0 Å². The zero-order chi connectivity index (χ0) is 10.6. The molecule has 0 aliphatic carbocycles. The van der Waals surface area contributed by atoms with Gasteiger partial charge >= 0.3 is 0 Å². The lowest BCUT2D eigenvalue weighted by atomic mass is 10.0. The van der Waals surface area contributed by atoms with Crippen molar-refractivity contribution < 1.29 is 4.79 Å². The summed E-state index contributed by atoms with van der Waals surface area (Å²) < 4.78 is 0. The third-order valence-corrected chi connectivity index (χ3v) is 2.17. The summed E-state index contributed by atoms with van der Waals surface area (Å²) in [6, 6.07) is 3.00. The van der Waals surface area contributed by atoms with E-state index in [9.17, 15) is 9.59 Å². The van der Waals surface area contributed by atoms with Crippen LogP contribution in [0.4, 0.5) is 0 Å². The molecule has 1 rings (SSSR count). The molecule has 0 bridgehead atoms. The van der Waals surface area contributed by atoms with E-state index in [1.807, 2.05) is 6.92 Å². The van der Waals surface area contributed by atoms with Crippen molar-refractivity contribution >= 4 is 5.78 Å². The number of rotatable bonds is 4. The standard InChI is InChI=1S/C11H15NO2/c1-3-4-5-10(13)9-6-7-11(14)12-8(9)2/h6-7H,3-5H2,1-2H3,(H,12,14). The number of H-pyrrole nitrogens is 1. The summed E-state index contributed by atoms with van der Waals surface area (Å²) in [4.78, 5) is 25.1. The lowest BCUT2D eigenvalue weighted by Crippen LogP contribution is -2.11. The normalized spacial score (nSPS) is 10.1. The Morgan fingerprint density at radius 2 is 2.14 bits per heavy atom. The van der Waals surface area contributed by atoms with Crippen LogP contribution in [-0.4, -0.2) is 10.8 Å². The minimum Gasteiger partial charge on any atom is -0.326 e. The van der Waals surface area contributed by atoms with E-state index in [2.05, 4.69) is 4.98 Å². The van der Waals surface area contributed by atoms with Gasteiger partial charge in [-0.05, 0) is 19.4 Å². The Morgan fingerprint density at radius 1 is 1.43 bits per heavy atom. The number of aromatic nitrogens is 1. The second-order valence-corrected chi connectivity index (χ2v) is 3.39. The maximum absolute atomic E-state index is 11.6. The van der Waals surface area contributed by atoms with E-state index in [1.54, 1.807) is 13.0 Å². The molecule has 3 nitrogen and oxygen atoms in total. The molecule has 14 heavy (non-hydrogen) atoms. The first-order valence-electron chi connectivity index (χ1n) is 4.88. The highest BCUT2D eigenvalue weighted by molar-refractivity contribution is 5.96. The van der Waals surface area contributed by atoms with E-state index in [0.717, 1.165) is 12.8 Å². The topological polar surface area (TPSA) is 49.9 Å². The van der Waals surface area contributed by atoms with Crippen molar-refractivity contribution in [3.8, 4) is 0 Å². The number of ketones is 1. The molecule has 0 amide bonds. The van der Waals surface area contributed by atoms with Crippen LogP contribution in [-0.2, 0) is 0 Å². The first-order chi connectivity index (χ1) is 6.65. The monoisotopic (exact) mass is 193 g/mol. The Kier molecular flexibility index (Phi) is 3.63. The molecule has 1 aromatic rings. The van der Waals surface area contributed by atoms with Crippen LogP contribution in [0.3, 0.4) is 0 Å². The number of unbranched alkanes of at least 4 members (excludes halogenated alkanes) is 1. The van der Waals surface area contributed by atoms with Gasteiger partial charge in [-0.3, -0.25) is 9.59 Å². The number of aromatic amines is 1. The molecule has 0 spiro atoms. The second kappa shape index (κ2) is 4.74. The lowest BCUT2D eigenvalue weighted by Gasteiger charge is -2.02. The molecule has 0 radical (unpaired) electrons. The maximum Gasteiger partial charge on any atom is 0.248 e. The molecule has 0 aliphatic rings. The van der Waals surface area contributed by atoms with Crippen molar-refractivity contribution in [3.05, 3.63) is 33.7 Å². The van der Waals surface area contributed by atoms with Gasteiger partial charge in [0.1, 0.15) is 0 Å². The molecule has 0 aromatic carbocycles. The van der Waals surface area contributed by atoms with Gasteiger partial charge in [0.25, 0.3) is 0 Å². The molecule has 0 saturated carbocycles. The van der Waals surface area contributed by atoms with Crippen LogP contribution in [0.1, 0.15) is 42.2 Å². The van der Waals surface area contributed by atoms with Crippen LogP contribution in [0.2, 0.25) is 0 Å². The number of Topliss-reactive ketones (excluding diaryl/α,β-unsaturated/α-hetero) is 1. The second-order valence-electron chi connectivity index (χ2n) is 3.39. The minimum atomic E-state index is -0.158. The van der Waals surface area contributed by atoms with Crippen molar-refractivity contribution in [3.63, 3.8) is 0 Å². The molecule has 3 heteroatoms. The average molecular weight is 193 g/mol. The molecule has 76 valence electrons. The number of pyridine rings is 1. The third-order valence-electron chi connectivity index (χ3n) is 2.17. The molecule has 0 atom stereocenters. The molecule has 0 aliphatic heterocycles. The van der Waals surface area contributed by atoms with Crippen LogP contribution in [0.5, 0.6) is 0 Å². The van der Waals surface area contributed by atoms with Gasteiger partial charge in [0.05, 0.1) is 0 Å². The molecule has 0 unspecified atom stereocenters.